The molecule has 0 saturated heterocycles. The van der Waals surface area contributed by atoms with Gasteiger partial charge in [0.25, 0.3) is 0 Å². The molecular weight excluding hydrogens is 316 g/mol. The molecule has 2 aromatic heterocycles. The fourth-order valence-corrected chi connectivity index (χ4v) is 2.59. The van der Waals surface area contributed by atoms with Gasteiger partial charge in [0.15, 0.2) is 0 Å². The van der Waals surface area contributed by atoms with Crippen LogP contribution in [0.1, 0.15) is 11.5 Å². The summed E-state index contributed by atoms with van der Waals surface area (Å²) in [5.74, 6) is 1.12. The first-order valence-electron chi connectivity index (χ1n) is 7.88. The number of nitrogens with zero attached hydrogens (tertiary/aromatic N) is 5. The van der Waals surface area contributed by atoms with Gasteiger partial charge in [-0.25, -0.2) is 9.67 Å². The lowest BCUT2D eigenvalue weighted by molar-refractivity contribution is 0.384. The molecule has 4 aromatic rings. The van der Waals surface area contributed by atoms with Crippen molar-refractivity contribution in [1.82, 2.24) is 24.9 Å². The maximum absolute atomic E-state index is 5.37. The molecule has 25 heavy (non-hydrogen) atoms. The third-order valence-electron chi connectivity index (χ3n) is 3.85. The third kappa shape index (κ3) is 3.12. The first kappa shape index (κ1) is 15.1. The second kappa shape index (κ2) is 6.56. The standard InChI is InChI=1S/C18H16N6O/c1-13-6-2-3-7-14(13)18-22-17(25-23-18)10-20-15-8-4-5-9-16(15)24-12-19-11-21-24/h2-9,11-12,20H,10H2,1H3. The molecule has 7 heteroatoms. The van der Waals surface area contributed by atoms with Crippen molar-refractivity contribution < 1.29 is 4.52 Å². The zero-order valence-electron chi connectivity index (χ0n) is 13.6. The van der Waals surface area contributed by atoms with Gasteiger partial charge in [0, 0.05) is 5.56 Å². The van der Waals surface area contributed by atoms with Crippen molar-refractivity contribution in [3.05, 3.63) is 72.6 Å². The normalized spacial score (nSPS) is 10.8. The fourth-order valence-electron chi connectivity index (χ4n) is 2.59. The summed E-state index contributed by atoms with van der Waals surface area (Å²) in [4.78, 5) is 8.46. The predicted octanol–water partition coefficient (Wildman–Crippen LogP) is 3.24. The Kier molecular flexibility index (Phi) is 3.96. The van der Waals surface area contributed by atoms with Crippen LogP contribution in [-0.2, 0) is 6.54 Å². The van der Waals surface area contributed by atoms with Crippen LogP contribution in [0.25, 0.3) is 17.1 Å². The van der Waals surface area contributed by atoms with E-state index in [9.17, 15) is 0 Å². The van der Waals surface area contributed by atoms with Crippen LogP contribution in [0.2, 0.25) is 0 Å². The fraction of sp³-hybridized carbons (Fsp3) is 0.111. The van der Waals surface area contributed by atoms with Gasteiger partial charge in [-0.05, 0) is 24.6 Å². The van der Waals surface area contributed by atoms with Crippen LogP contribution in [-0.4, -0.2) is 24.9 Å². The summed E-state index contributed by atoms with van der Waals surface area (Å²) >= 11 is 0. The van der Waals surface area contributed by atoms with Crippen LogP contribution in [0.3, 0.4) is 0 Å². The largest absolute Gasteiger partial charge is 0.374 e. The van der Waals surface area contributed by atoms with Gasteiger partial charge in [-0.15, -0.1) is 0 Å². The minimum atomic E-state index is 0.421. The summed E-state index contributed by atoms with van der Waals surface area (Å²) in [6.45, 7) is 2.45. The molecule has 0 fully saturated rings. The minimum Gasteiger partial charge on any atom is -0.374 e. The van der Waals surface area contributed by atoms with E-state index < -0.39 is 0 Å². The molecular formula is C18H16N6O. The van der Waals surface area contributed by atoms with Crippen molar-refractivity contribution in [2.75, 3.05) is 5.32 Å². The van der Waals surface area contributed by atoms with Gasteiger partial charge in [0.05, 0.1) is 17.9 Å². The highest BCUT2D eigenvalue weighted by Gasteiger charge is 2.11. The molecule has 0 spiro atoms. The number of hydrogen-bond acceptors (Lipinski definition) is 6. The highest BCUT2D eigenvalue weighted by Crippen LogP contribution is 2.22. The number of aryl methyl sites for hydroxylation is 1. The Balaban J connectivity index is 1.53. The smallest absolute Gasteiger partial charge is 0.246 e. The quantitative estimate of drug-likeness (QED) is 0.604. The topological polar surface area (TPSA) is 81.7 Å². The van der Waals surface area contributed by atoms with Gasteiger partial charge >= 0.3 is 0 Å². The number of hydrogen-bond donors (Lipinski definition) is 1. The van der Waals surface area contributed by atoms with E-state index in [1.807, 2.05) is 55.5 Å². The Morgan fingerprint density at radius 2 is 1.92 bits per heavy atom. The molecule has 4 rings (SSSR count). The van der Waals surface area contributed by atoms with Crippen LogP contribution in [0.15, 0.2) is 65.7 Å². The van der Waals surface area contributed by atoms with E-state index in [0.29, 0.717) is 18.3 Å². The number of rotatable bonds is 5. The summed E-state index contributed by atoms with van der Waals surface area (Å²) in [6.07, 6.45) is 3.16. The van der Waals surface area contributed by atoms with Gasteiger partial charge < -0.3 is 9.84 Å². The minimum absolute atomic E-state index is 0.421. The monoisotopic (exact) mass is 332 g/mol. The van der Waals surface area contributed by atoms with Crippen molar-refractivity contribution >= 4 is 5.69 Å². The van der Waals surface area contributed by atoms with Crippen molar-refractivity contribution in [2.24, 2.45) is 0 Å². The summed E-state index contributed by atoms with van der Waals surface area (Å²) < 4.78 is 7.07. The van der Waals surface area contributed by atoms with Gasteiger partial charge in [0.2, 0.25) is 11.7 Å². The second-order valence-electron chi connectivity index (χ2n) is 5.54. The maximum Gasteiger partial charge on any atom is 0.246 e. The number of anilines is 1. The van der Waals surface area contributed by atoms with Crippen LogP contribution in [0.5, 0.6) is 0 Å². The average molecular weight is 332 g/mol. The molecule has 124 valence electrons. The van der Waals surface area contributed by atoms with Crippen molar-refractivity contribution in [2.45, 2.75) is 13.5 Å². The molecule has 0 radical (unpaired) electrons. The molecule has 7 nitrogen and oxygen atoms in total. The number of benzene rings is 2. The van der Waals surface area contributed by atoms with Crippen LogP contribution >= 0.6 is 0 Å². The number of para-hydroxylation sites is 2. The lowest BCUT2D eigenvalue weighted by Crippen LogP contribution is -2.05. The average Bonchev–Trinajstić information content (AvgIpc) is 3.33. The Hall–Kier alpha value is -3.48. The van der Waals surface area contributed by atoms with E-state index in [0.717, 1.165) is 22.5 Å². The van der Waals surface area contributed by atoms with Crippen molar-refractivity contribution in [1.29, 1.82) is 0 Å². The van der Waals surface area contributed by atoms with Crippen molar-refractivity contribution in [3.8, 4) is 17.1 Å². The second-order valence-corrected chi connectivity index (χ2v) is 5.54. The van der Waals surface area contributed by atoms with Crippen molar-refractivity contribution in [3.63, 3.8) is 0 Å². The van der Waals surface area contributed by atoms with E-state index in [1.54, 1.807) is 11.0 Å². The molecule has 0 saturated carbocycles. The van der Waals surface area contributed by atoms with Gasteiger partial charge in [0.1, 0.15) is 12.7 Å². The predicted molar refractivity (Wildman–Crippen MR) is 93.2 cm³/mol. The number of nitrogens with one attached hydrogen (secondary N) is 1. The molecule has 1 N–H and O–H groups in total. The van der Waals surface area contributed by atoms with Gasteiger partial charge in [-0.3, -0.25) is 0 Å². The van der Waals surface area contributed by atoms with Crippen LogP contribution in [0.4, 0.5) is 5.69 Å². The van der Waals surface area contributed by atoms with E-state index in [2.05, 4.69) is 25.5 Å². The Morgan fingerprint density at radius 3 is 2.76 bits per heavy atom. The molecule has 0 aliphatic rings. The molecule has 2 aromatic carbocycles. The molecule has 0 amide bonds. The SMILES string of the molecule is Cc1ccccc1-c1noc(CNc2ccccc2-n2cncn2)n1. The summed E-state index contributed by atoms with van der Waals surface area (Å²) in [7, 11) is 0. The summed E-state index contributed by atoms with van der Waals surface area (Å²) in [5.41, 5.74) is 3.89. The first-order valence-corrected chi connectivity index (χ1v) is 7.88. The zero-order valence-corrected chi connectivity index (χ0v) is 13.6. The lowest BCUT2D eigenvalue weighted by atomic mass is 10.1. The van der Waals surface area contributed by atoms with E-state index in [1.165, 1.54) is 6.33 Å². The van der Waals surface area contributed by atoms with Gasteiger partial charge in [-0.2, -0.15) is 10.1 Å². The summed E-state index contributed by atoms with van der Waals surface area (Å²) in [6, 6.07) is 15.8. The Labute approximate surface area is 144 Å². The lowest BCUT2D eigenvalue weighted by Gasteiger charge is -2.09. The van der Waals surface area contributed by atoms with Crippen LogP contribution < -0.4 is 5.32 Å². The molecule has 0 unspecified atom stereocenters. The highest BCUT2D eigenvalue weighted by molar-refractivity contribution is 5.61. The number of aromatic nitrogens is 5. The van der Waals surface area contributed by atoms with E-state index in [4.69, 9.17) is 4.52 Å². The van der Waals surface area contributed by atoms with Gasteiger partial charge in [-0.1, -0.05) is 41.6 Å². The molecule has 0 bridgehead atoms. The highest BCUT2D eigenvalue weighted by atomic mass is 16.5. The first-order chi connectivity index (χ1) is 12.3. The third-order valence-corrected chi connectivity index (χ3v) is 3.85. The molecule has 0 aliphatic heterocycles. The molecule has 0 aliphatic carbocycles. The maximum atomic E-state index is 5.37. The van der Waals surface area contributed by atoms with Crippen LogP contribution in [0, 0.1) is 6.92 Å². The summed E-state index contributed by atoms with van der Waals surface area (Å²) in [5, 5.41) is 11.6. The van der Waals surface area contributed by atoms with E-state index in [-0.39, 0.29) is 0 Å². The molecule has 2 heterocycles. The van der Waals surface area contributed by atoms with E-state index >= 15 is 0 Å². The Morgan fingerprint density at radius 1 is 1.08 bits per heavy atom. The zero-order chi connectivity index (χ0) is 17.1. The molecule has 0 atom stereocenters. The Bertz CT molecular complexity index is 977.